The molecule has 0 heterocycles. The van der Waals surface area contributed by atoms with Crippen LogP contribution in [0.2, 0.25) is 0 Å². The second-order valence-electron chi connectivity index (χ2n) is 5.54. The molecule has 0 aromatic carbocycles. The molecule has 2 aliphatic rings. The van der Waals surface area contributed by atoms with Crippen molar-refractivity contribution < 1.29 is 9.90 Å². The molecule has 0 radical (unpaired) electrons. The third kappa shape index (κ3) is 2.97. The first-order chi connectivity index (χ1) is 7.70. The number of carboxylic acid groups (broad SMARTS) is 1. The molecule has 0 saturated heterocycles. The van der Waals surface area contributed by atoms with E-state index in [1.54, 1.807) is 0 Å². The molecule has 92 valence electrons. The summed E-state index contributed by atoms with van der Waals surface area (Å²) >= 11 is 0. The second-order valence-corrected chi connectivity index (χ2v) is 5.54. The first kappa shape index (κ1) is 11.9. The van der Waals surface area contributed by atoms with Crippen molar-refractivity contribution in [1.29, 1.82) is 0 Å². The van der Waals surface area contributed by atoms with E-state index >= 15 is 0 Å². The predicted molar refractivity (Wildman–Crippen MR) is 63.5 cm³/mol. The van der Waals surface area contributed by atoms with Crippen molar-refractivity contribution in [3.05, 3.63) is 0 Å². The number of rotatable bonds is 4. The van der Waals surface area contributed by atoms with Crippen molar-refractivity contribution in [2.45, 2.75) is 75.8 Å². The molecule has 0 unspecified atom stereocenters. The zero-order chi connectivity index (χ0) is 11.4. The molecule has 0 spiro atoms. The molecule has 0 aromatic rings. The van der Waals surface area contributed by atoms with Crippen LogP contribution in [0.15, 0.2) is 0 Å². The molecule has 2 aliphatic carbocycles. The lowest BCUT2D eigenvalue weighted by atomic mass is 9.78. The van der Waals surface area contributed by atoms with Gasteiger partial charge in [-0.15, -0.1) is 0 Å². The van der Waals surface area contributed by atoms with Crippen LogP contribution in [0.4, 0.5) is 0 Å². The molecule has 2 fully saturated rings. The third-order valence-electron chi connectivity index (χ3n) is 4.17. The molecule has 0 bridgehead atoms. The molecule has 0 aromatic heterocycles. The van der Waals surface area contributed by atoms with Crippen molar-refractivity contribution in [3.8, 4) is 0 Å². The van der Waals surface area contributed by atoms with E-state index in [-0.39, 0.29) is 5.54 Å². The number of carbonyl (C=O) groups is 1. The lowest BCUT2D eigenvalue weighted by Gasteiger charge is -2.39. The Morgan fingerprint density at radius 3 is 2.31 bits per heavy atom. The Kier molecular flexibility index (Phi) is 3.85. The quantitative estimate of drug-likeness (QED) is 0.773. The van der Waals surface area contributed by atoms with Crippen molar-refractivity contribution in [2.75, 3.05) is 0 Å². The fraction of sp³-hybridized carbons (Fsp3) is 0.923. The normalized spacial score (nSPS) is 25.8. The van der Waals surface area contributed by atoms with E-state index in [0.717, 1.165) is 12.8 Å². The van der Waals surface area contributed by atoms with Gasteiger partial charge in [0.05, 0.1) is 6.42 Å². The van der Waals surface area contributed by atoms with Gasteiger partial charge in [0.1, 0.15) is 0 Å². The van der Waals surface area contributed by atoms with Gasteiger partial charge in [-0.25, -0.2) is 0 Å². The van der Waals surface area contributed by atoms with Crippen LogP contribution in [0.1, 0.15) is 64.2 Å². The van der Waals surface area contributed by atoms with Gasteiger partial charge in [-0.2, -0.15) is 0 Å². The Hall–Kier alpha value is -0.570. The van der Waals surface area contributed by atoms with Gasteiger partial charge >= 0.3 is 5.97 Å². The summed E-state index contributed by atoms with van der Waals surface area (Å²) in [5.74, 6) is -0.646. The molecule has 3 nitrogen and oxygen atoms in total. The highest BCUT2D eigenvalue weighted by atomic mass is 16.4. The molecule has 0 atom stereocenters. The molecule has 0 amide bonds. The van der Waals surface area contributed by atoms with E-state index in [4.69, 9.17) is 5.11 Å². The second kappa shape index (κ2) is 5.17. The molecule has 2 rings (SSSR count). The van der Waals surface area contributed by atoms with E-state index in [1.165, 1.54) is 44.9 Å². The van der Waals surface area contributed by atoms with Crippen LogP contribution >= 0.6 is 0 Å². The largest absolute Gasteiger partial charge is 0.481 e. The number of aliphatic carboxylic acids is 1. The van der Waals surface area contributed by atoms with Crippen molar-refractivity contribution in [3.63, 3.8) is 0 Å². The minimum atomic E-state index is -0.646. The van der Waals surface area contributed by atoms with Crippen LogP contribution in [0.5, 0.6) is 0 Å². The van der Waals surface area contributed by atoms with E-state index in [9.17, 15) is 4.79 Å². The number of hydrogen-bond donors (Lipinski definition) is 2. The summed E-state index contributed by atoms with van der Waals surface area (Å²) in [6.45, 7) is 0. The van der Waals surface area contributed by atoms with Crippen molar-refractivity contribution in [2.24, 2.45) is 0 Å². The lowest BCUT2D eigenvalue weighted by molar-refractivity contribution is -0.139. The maximum Gasteiger partial charge on any atom is 0.305 e. The highest BCUT2D eigenvalue weighted by Crippen LogP contribution is 2.33. The summed E-state index contributed by atoms with van der Waals surface area (Å²) in [5, 5.41) is 12.7. The average molecular weight is 225 g/mol. The fourth-order valence-electron chi connectivity index (χ4n) is 3.39. The smallest absolute Gasteiger partial charge is 0.305 e. The minimum absolute atomic E-state index is 0.0842. The molecular weight excluding hydrogens is 202 g/mol. The molecule has 3 heteroatoms. The Labute approximate surface area is 97.6 Å². The molecule has 16 heavy (non-hydrogen) atoms. The maximum absolute atomic E-state index is 11.0. The van der Waals surface area contributed by atoms with Gasteiger partial charge in [0.25, 0.3) is 0 Å². The number of nitrogens with one attached hydrogen (secondary N) is 1. The summed E-state index contributed by atoms with van der Waals surface area (Å²) < 4.78 is 0. The van der Waals surface area contributed by atoms with Gasteiger partial charge in [-0.3, -0.25) is 4.79 Å². The average Bonchev–Trinajstić information content (AvgIpc) is 2.70. The van der Waals surface area contributed by atoms with Crippen LogP contribution < -0.4 is 5.32 Å². The third-order valence-corrected chi connectivity index (χ3v) is 4.17. The van der Waals surface area contributed by atoms with Crippen molar-refractivity contribution >= 4 is 5.97 Å². The van der Waals surface area contributed by atoms with E-state index in [0.29, 0.717) is 12.5 Å². The Bertz CT molecular complexity index is 240. The van der Waals surface area contributed by atoms with Crippen LogP contribution in [0.25, 0.3) is 0 Å². The van der Waals surface area contributed by atoms with Gasteiger partial charge in [0.15, 0.2) is 0 Å². The van der Waals surface area contributed by atoms with Gasteiger partial charge in [0, 0.05) is 11.6 Å². The van der Waals surface area contributed by atoms with E-state index in [1.807, 2.05) is 0 Å². The SMILES string of the molecule is O=C(O)CC1(NC2CCCC2)CCCCC1. The topological polar surface area (TPSA) is 49.3 Å². The summed E-state index contributed by atoms with van der Waals surface area (Å²) in [6.07, 6.45) is 11.1. The summed E-state index contributed by atoms with van der Waals surface area (Å²) in [4.78, 5) is 11.0. The van der Waals surface area contributed by atoms with Gasteiger partial charge in [0.2, 0.25) is 0 Å². The Balaban J connectivity index is 1.97. The van der Waals surface area contributed by atoms with Gasteiger partial charge in [-0.1, -0.05) is 32.1 Å². The van der Waals surface area contributed by atoms with Crippen LogP contribution in [0, 0.1) is 0 Å². The van der Waals surface area contributed by atoms with Crippen LogP contribution in [-0.2, 0) is 4.79 Å². The molecule has 2 saturated carbocycles. The van der Waals surface area contributed by atoms with E-state index < -0.39 is 5.97 Å². The minimum Gasteiger partial charge on any atom is -0.481 e. The van der Waals surface area contributed by atoms with E-state index in [2.05, 4.69) is 5.32 Å². The number of carboxylic acids is 1. The monoisotopic (exact) mass is 225 g/mol. The van der Waals surface area contributed by atoms with Gasteiger partial charge < -0.3 is 10.4 Å². The number of hydrogen-bond acceptors (Lipinski definition) is 2. The zero-order valence-electron chi connectivity index (χ0n) is 10.0. The standard InChI is InChI=1S/C13H23NO2/c15-12(16)10-13(8-4-1-5-9-13)14-11-6-2-3-7-11/h11,14H,1-10H2,(H,15,16). The van der Waals surface area contributed by atoms with Crippen LogP contribution in [-0.4, -0.2) is 22.7 Å². The first-order valence-corrected chi connectivity index (χ1v) is 6.70. The Morgan fingerprint density at radius 1 is 1.12 bits per heavy atom. The van der Waals surface area contributed by atoms with Gasteiger partial charge in [-0.05, 0) is 25.7 Å². The highest BCUT2D eigenvalue weighted by molar-refractivity contribution is 5.68. The van der Waals surface area contributed by atoms with Crippen LogP contribution in [0.3, 0.4) is 0 Å². The maximum atomic E-state index is 11.0. The summed E-state index contributed by atoms with van der Waals surface area (Å²) in [6, 6.07) is 0.581. The molecular formula is C13H23NO2. The lowest BCUT2D eigenvalue weighted by Crippen LogP contribution is -2.52. The first-order valence-electron chi connectivity index (χ1n) is 6.70. The fourth-order valence-corrected chi connectivity index (χ4v) is 3.39. The Morgan fingerprint density at radius 2 is 1.75 bits per heavy atom. The molecule has 0 aliphatic heterocycles. The summed E-state index contributed by atoms with van der Waals surface area (Å²) in [7, 11) is 0. The van der Waals surface area contributed by atoms with Crippen molar-refractivity contribution in [1.82, 2.24) is 5.32 Å². The predicted octanol–water partition coefficient (Wildman–Crippen LogP) is 2.70. The zero-order valence-corrected chi connectivity index (χ0v) is 10.0. The molecule has 2 N–H and O–H groups in total. The highest BCUT2D eigenvalue weighted by Gasteiger charge is 2.36. The summed E-state index contributed by atoms with van der Waals surface area (Å²) in [5.41, 5.74) is -0.0842.